The molecule has 0 bridgehead atoms. The zero-order valence-electron chi connectivity index (χ0n) is 15.0. The van der Waals surface area contributed by atoms with Crippen LogP contribution in [-0.4, -0.2) is 47.9 Å². The molecule has 3 aliphatic rings. The first kappa shape index (κ1) is 16.9. The van der Waals surface area contributed by atoms with E-state index >= 15 is 0 Å². The summed E-state index contributed by atoms with van der Waals surface area (Å²) in [5.41, 5.74) is 3.54. The van der Waals surface area contributed by atoms with Gasteiger partial charge in [-0.05, 0) is 62.3 Å². The Kier molecular flexibility index (Phi) is 4.46. The van der Waals surface area contributed by atoms with Gasteiger partial charge in [0.25, 0.3) is 0 Å². The summed E-state index contributed by atoms with van der Waals surface area (Å²) in [7, 11) is 0. The van der Waals surface area contributed by atoms with Crippen molar-refractivity contribution in [2.24, 2.45) is 5.41 Å². The molecule has 2 amide bonds. The van der Waals surface area contributed by atoms with Gasteiger partial charge in [0.05, 0.1) is 12.2 Å². The van der Waals surface area contributed by atoms with Crippen LogP contribution in [0.15, 0.2) is 18.2 Å². The van der Waals surface area contributed by atoms with Crippen LogP contribution in [0.2, 0.25) is 0 Å². The van der Waals surface area contributed by atoms with Gasteiger partial charge in [-0.15, -0.1) is 0 Å². The Morgan fingerprint density at radius 1 is 1.32 bits per heavy atom. The number of carbonyl (C=O) groups is 1. The normalized spacial score (nSPS) is 27.0. The molecule has 1 heterocycles. The number of ether oxygens (including phenoxy) is 1. The Balaban J connectivity index is 1.35. The van der Waals surface area contributed by atoms with Crippen molar-refractivity contribution in [3.8, 4) is 0 Å². The number of carbonyl (C=O) groups excluding carboxylic acids is 1. The van der Waals surface area contributed by atoms with Crippen LogP contribution in [0.1, 0.15) is 43.7 Å². The number of piperidine rings is 1. The van der Waals surface area contributed by atoms with E-state index in [0.29, 0.717) is 19.7 Å². The highest BCUT2D eigenvalue weighted by molar-refractivity contribution is 5.89. The monoisotopic (exact) mass is 344 g/mol. The van der Waals surface area contributed by atoms with Crippen LogP contribution in [0.25, 0.3) is 0 Å². The average Bonchev–Trinajstić information content (AvgIpc) is 3.09. The minimum Gasteiger partial charge on any atom is -0.392 e. The SMILES string of the molecule is CCO[C@@H]1C[C@@H](O)C12CCN(C(=O)Nc1ccc3c(c1)CCC3)CC2. The second-order valence-corrected chi connectivity index (χ2v) is 7.68. The van der Waals surface area contributed by atoms with E-state index in [1.54, 1.807) is 0 Å². The first-order valence-corrected chi connectivity index (χ1v) is 9.60. The third-order valence-corrected chi connectivity index (χ3v) is 6.44. The fourth-order valence-electron chi connectivity index (χ4n) is 4.79. The van der Waals surface area contributed by atoms with Crippen LogP contribution in [0.3, 0.4) is 0 Å². The number of hydrogen-bond acceptors (Lipinski definition) is 3. The minimum absolute atomic E-state index is 0.0328. The maximum Gasteiger partial charge on any atom is 0.321 e. The third-order valence-electron chi connectivity index (χ3n) is 6.44. The summed E-state index contributed by atoms with van der Waals surface area (Å²) in [4.78, 5) is 14.5. The van der Waals surface area contributed by atoms with Crippen molar-refractivity contribution >= 4 is 11.7 Å². The van der Waals surface area contributed by atoms with Crippen LogP contribution in [0, 0.1) is 5.41 Å². The molecule has 1 spiro atoms. The standard InChI is InChI=1S/C20H28N2O3/c1-2-25-18-13-17(23)20(18)8-10-22(11-9-20)19(24)21-16-7-6-14-4-3-5-15(14)12-16/h6-7,12,17-18,23H,2-5,8-11,13H2,1H3,(H,21,24)/t17-,18-/m1/s1. The van der Waals surface area contributed by atoms with Crippen molar-refractivity contribution in [1.82, 2.24) is 4.90 Å². The molecule has 2 atom stereocenters. The Hall–Kier alpha value is -1.59. The summed E-state index contributed by atoms with van der Waals surface area (Å²) in [5.74, 6) is 0. The zero-order chi connectivity index (χ0) is 17.4. The van der Waals surface area contributed by atoms with Crippen molar-refractivity contribution in [3.63, 3.8) is 0 Å². The third kappa shape index (κ3) is 2.93. The molecule has 5 nitrogen and oxygen atoms in total. The van der Waals surface area contributed by atoms with E-state index in [9.17, 15) is 9.90 Å². The number of likely N-dealkylation sites (tertiary alicyclic amines) is 1. The van der Waals surface area contributed by atoms with Crippen molar-refractivity contribution in [3.05, 3.63) is 29.3 Å². The van der Waals surface area contributed by atoms with Crippen LogP contribution < -0.4 is 5.32 Å². The molecular weight excluding hydrogens is 316 g/mol. The van der Waals surface area contributed by atoms with Gasteiger partial charge >= 0.3 is 6.03 Å². The molecule has 0 aromatic heterocycles. The summed E-state index contributed by atoms with van der Waals surface area (Å²) in [6.07, 6.45) is 5.70. The van der Waals surface area contributed by atoms with E-state index < -0.39 is 0 Å². The van der Waals surface area contributed by atoms with Crippen LogP contribution in [-0.2, 0) is 17.6 Å². The summed E-state index contributed by atoms with van der Waals surface area (Å²) in [5, 5.41) is 13.3. The number of aliphatic hydroxyl groups is 1. The van der Waals surface area contributed by atoms with E-state index in [-0.39, 0.29) is 23.7 Å². The summed E-state index contributed by atoms with van der Waals surface area (Å²) >= 11 is 0. The quantitative estimate of drug-likeness (QED) is 0.886. The molecule has 4 rings (SSSR count). The number of nitrogens with zero attached hydrogens (tertiary/aromatic N) is 1. The lowest BCUT2D eigenvalue weighted by molar-refractivity contribution is -0.207. The molecule has 1 aromatic rings. The smallest absolute Gasteiger partial charge is 0.321 e. The largest absolute Gasteiger partial charge is 0.392 e. The number of fused-ring (bicyclic) bond motifs is 1. The Bertz CT molecular complexity index is 650. The second-order valence-electron chi connectivity index (χ2n) is 7.68. The van der Waals surface area contributed by atoms with Gasteiger partial charge < -0.3 is 20.1 Å². The minimum atomic E-state index is -0.286. The number of urea groups is 1. The lowest BCUT2D eigenvalue weighted by atomic mass is 9.58. The molecule has 136 valence electrons. The molecule has 2 fully saturated rings. The number of amides is 2. The van der Waals surface area contributed by atoms with Gasteiger partial charge in [0, 0.05) is 37.2 Å². The molecule has 0 unspecified atom stereocenters. The molecule has 25 heavy (non-hydrogen) atoms. The number of hydrogen-bond donors (Lipinski definition) is 2. The predicted octanol–water partition coefficient (Wildman–Crippen LogP) is 2.96. The van der Waals surface area contributed by atoms with Crippen LogP contribution in [0.5, 0.6) is 0 Å². The van der Waals surface area contributed by atoms with E-state index in [2.05, 4.69) is 17.4 Å². The van der Waals surface area contributed by atoms with Gasteiger partial charge in [-0.3, -0.25) is 0 Å². The Labute approximate surface area is 149 Å². The molecule has 1 saturated heterocycles. The van der Waals surface area contributed by atoms with Crippen molar-refractivity contribution in [1.29, 1.82) is 0 Å². The highest BCUT2D eigenvalue weighted by atomic mass is 16.5. The summed E-state index contributed by atoms with van der Waals surface area (Å²) < 4.78 is 5.80. The number of rotatable bonds is 3. The number of aryl methyl sites for hydroxylation is 2. The lowest BCUT2D eigenvalue weighted by Crippen LogP contribution is -2.63. The van der Waals surface area contributed by atoms with Gasteiger partial charge in [0.15, 0.2) is 0 Å². The predicted molar refractivity (Wildman–Crippen MR) is 96.8 cm³/mol. The number of nitrogens with one attached hydrogen (secondary N) is 1. The molecule has 1 saturated carbocycles. The molecule has 0 radical (unpaired) electrons. The van der Waals surface area contributed by atoms with E-state index in [1.165, 1.54) is 17.5 Å². The summed E-state index contributed by atoms with van der Waals surface area (Å²) in [6.45, 7) is 4.04. The van der Waals surface area contributed by atoms with Crippen molar-refractivity contribution in [2.45, 2.75) is 57.7 Å². The van der Waals surface area contributed by atoms with Gasteiger partial charge in [-0.1, -0.05) is 6.07 Å². The fourth-order valence-corrected chi connectivity index (χ4v) is 4.79. The highest BCUT2D eigenvalue weighted by Crippen LogP contribution is 2.50. The van der Waals surface area contributed by atoms with Crippen LogP contribution in [0.4, 0.5) is 10.5 Å². The maximum absolute atomic E-state index is 12.6. The lowest BCUT2D eigenvalue weighted by Gasteiger charge is -2.56. The Morgan fingerprint density at radius 2 is 2.08 bits per heavy atom. The highest BCUT2D eigenvalue weighted by Gasteiger charge is 2.56. The first-order valence-electron chi connectivity index (χ1n) is 9.60. The molecule has 1 aromatic carbocycles. The number of aliphatic hydroxyl groups excluding tert-OH is 1. The van der Waals surface area contributed by atoms with Gasteiger partial charge in [0.2, 0.25) is 0 Å². The molecule has 5 heteroatoms. The first-order chi connectivity index (χ1) is 12.1. The van der Waals surface area contributed by atoms with Crippen molar-refractivity contribution in [2.75, 3.05) is 25.0 Å². The van der Waals surface area contributed by atoms with E-state index in [4.69, 9.17) is 4.74 Å². The van der Waals surface area contributed by atoms with E-state index in [0.717, 1.165) is 37.8 Å². The Morgan fingerprint density at radius 3 is 2.80 bits per heavy atom. The van der Waals surface area contributed by atoms with Crippen molar-refractivity contribution < 1.29 is 14.6 Å². The van der Waals surface area contributed by atoms with Gasteiger partial charge in [-0.2, -0.15) is 0 Å². The summed E-state index contributed by atoms with van der Waals surface area (Å²) in [6, 6.07) is 6.23. The molecule has 2 N–H and O–H groups in total. The second kappa shape index (κ2) is 6.61. The fraction of sp³-hybridized carbons (Fsp3) is 0.650. The van der Waals surface area contributed by atoms with E-state index in [1.807, 2.05) is 17.9 Å². The number of anilines is 1. The van der Waals surface area contributed by atoms with Gasteiger partial charge in [0.1, 0.15) is 0 Å². The topological polar surface area (TPSA) is 61.8 Å². The zero-order valence-corrected chi connectivity index (χ0v) is 15.0. The maximum atomic E-state index is 12.6. The van der Waals surface area contributed by atoms with Crippen LogP contribution >= 0.6 is 0 Å². The average molecular weight is 344 g/mol. The molecular formula is C20H28N2O3. The number of benzene rings is 1. The molecule has 2 aliphatic carbocycles. The molecule has 1 aliphatic heterocycles. The van der Waals surface area contributed by atoms with Gasteiger partial charge in [-0.25, -0.2) is 4.79 Å².